The lowest BCUT2D eigenvalue weighted by Crippen LogP contribution is -2.49. The summed E-state index contributed by atoms with van der Waals surface area (Å²) in [6.07, 6.45) is 1.70. The maximum absolute atomic E-state index is 14.2. The minimum Gasteiger partial charge on any atom is -0.490 e. The maximum atomic E-state index is 14.2. The Morgan fingerprint density at radius 3 is 2.61 bits per heavy atom. The SMILES string of the molecule is CCCCNC(=O)[C@@H](C)N(Cc1ccccc1F)C(=O)COc1ccc([N+](=O)[O-])c(OC)c1. The Balaban J connectivity index is 2.18. The smallest absolute Gasteiger partial charge is 0.311 e. The summed E-state index contributed by atoms with van der Waals surface area (Å²) in [6, 6.07) is 8.99. The van der Waals surface area contributed by atoms with Crippen molar-refractivity contribution in [3.8, 4) is 11.5 Å². The topological polar surface area (TPSA) is 111 Å². The molecule has 0 unspecified atom stereocenters. The first kappa shape index (κ1) is 25.6. The van der Waals surface area contributed by atoms with Crippen LogP contribution in [0.3, 0.4) is 0 Å². The van der Waals surface area contributed by atoms with Gasteiger partial charge in [-0.2, -0.15) is 0 Å². The number of benzene rings is 2. The zero-order valence-corrected chi connectivity index (χ0v) is 18.9. The van der Waals surface area contributed by atoms with Crippen molar-refractivity contribution >= 4 is 17.5 Å². The molecule has 178 valence electrons. The monoisotopic (exact) mass is 461 g/mol. The van der Waals surface area contributed by atoms with E-state index in [1.54, 1.807) is 19.1 Å². The van der Waals surface area contributed by atoms with Gasteiger partial charge in [0.1, 0.15) is 17.6 Å². The number of carbonyl (C=O) groups is 2. The molecule has 0 spiro atoms. The normalized spacial score (nSPS) is 11.4. The molecule has 0 radical (unpaired) electrons. The molecule has 0 aliphatic carbocycles. The first-order chi connectivity index (χ1) is 15.8. The van der Waals surface area contributed by atoms with Crippen LogP contribution >= 0.6 is 0 Å². The predicted octanol–water partition coefficient (Wildman–Crippen LogP) is 3.45. The fourth-order valence-corrected chi connectivity index (χ4v) is 3.06. The standard InChI is InChI=1S/C23H28FN3O6/c1-4-5-12-25-23(29)16(2)26(14-17-8-6-7-9-19(17)24)22(28)15-33-18-10-11-20(27(30)31)21(13-18)32-3/h6-11,13,16H,4-5,12,14-15H2,1-3H3,(H,25,29)/t16-/m1/s1. The molecule has 0 aliphatic heterocycles. The van der Waals surface area contributed by atoms with Crippen molar-refractivity contribution < 1.29 is 28.4 Å². The van der Waals surface area contributed by atoms with Crippen molar-refractivity contribution in [2.75, 3.05) is 20.3 Å². The molecule has 2 rings (SSSR count). The van der Waals surface area contributed by atoms with Crippen LogP contribution in [0.1, 0.15) is 32.3 Å². The summed E-state index contributed by atoms with van der Waals surface area (Å²) in [7, 11) is 1.28. The second-order valence-electron chi connectivity index (χ2n) is 7.31. The summed E-state index contributed by atoms with van der Waals surface area (Å²) in [6.45, 7) is 3.45. The molecular weight excluding hydrogens is 433 g/mol. The van der Waals surface area contributed by atoms with Crippen LogP contribution in [-0.4, -0.2) is 47.9 Å². The van der Waals surface area contributed by atoms with Gasteiger partial charge in [-0.1, -0.05) is 31.5 Å². The first-order valence-electron chi connectivity index (χ1n) is 10.5. The fraction of sp³-hybridized carbons (Fsp3) is 0.391. The average Bonchev–Trinajstić information content (AvgIpc) is 2.81. The van der Waals surface area contributed by atoms with E-state index in [-0.39, 0.29) is 35.2 Å². The second-order valence-corrected chi connectivity index (χ2v) is 7.31. The molecule has 1 N–H and O–H groups in total. The molecule has 0 saturated heterocycles. The third-order valence-electron chi connectivity index (χ3n) is 5.01. The van der Waals surface area contributed by atoms with Gasteiger partial charge in [-0.05, 0) is 25.5 Å². The largest absolute Gasteiger partial charge is 0.490 e. The molecule has 0 heterocycles. The Kier molecular flexibility index (Phi) is 9.59. The van der Waals surface area contributed by atoms with E-state index in [9.17, 15) is 24.1 Å². The molecule has 9 nitrogen and oxygen atoms in total. The molecule has 2 aromatic carbocycles. The van der Waals surface area contributed by atoms with Gasteiger partial charge in [0.05, 0.1) is 12.0 Å². The zero-order chi connectivity index (χ0) is 24.4. The van der Waals surface area contributed by atoms with Crippen molar-refractivity contribution in [1.29, 1.82) is 0 Å². The van der Waals surface area contributed by atoms with Crippen LogP contribution in [0.15, 0.2) is 42.5 Å². The summed E-state index contributed by atoms with van der Waals surface area (Å²) in [4.78, 5) is 37.3. The van der Waals surface area contributed by atoms with Crippen LogP contribution in [0.4, 0.5) is 10.1 Å². The molecule has 10 heteroatoms. The molecule has 0 aliphatic rings. The molecule has 0 aromatic heterocycles. The van der Waals surface area contributed by atoms with Crippen molar-refractivity contribution in [2.24, 2.45) is 0 Å². The Morgan fingerprint density at radius 2 is 1.97 bits per heavy atom. The fourth-order valence-electron chi connectivity index (χ4n) is 3.06. The molecule has 2 aromatic rings. The van der Waals surface area contributed by atoms with E-state index < -0.39 is 29.3 Å². The van der Waals surface area contributed by atoms with Crippen molar-refractivity contribution in [3.05, 3.63) is 64.0 Å². The molecule has 2 amide bonds. The van der Waals surface area contributed by atoms with Gasteiger partial charge in [0.15, 0.2) is 6.61 Å². The number of nitro benzene ring substituents is 1. The van der Waals surface area contributed by atoms with Gasteiger partial charge < -0.3 is 19.7 Å². The van der Waals surface area contributed by atoms with Crippen LogP contribution in [-0.2, 0) is 16.1 Å². The van der Waals surface area contributed by atoms with Gasteiger partial charge in [-0.15, -0.1) is 0 Å². The van der Waals surface area contributed by atoms with Crippen molar-refractivity contribution in [2.45, 2.75) is 39.3 Å². The molecule has 1 atom stereocenters. The number of amides is 2. The lowest BCUT2D eigenvalue weighted by Gasteiger charge is -2.29. The molecular formula is C23H28FN3O6. The van der Waals surface area contributed by atoms with Crippen LogP contribution in [0.5, 0.6) is 11.5 Å². The molecule has 0 bridgehead atoms. The number of hydrogen-bond acceptors (Lipinski definition) is 6. The minimum absolute atomic E-state index is 0.0168. The summed E-state index contributed by atoms with van der Waals surface area (Å²) >= 11 is 0. The average molecular weight is 461 g/mol. The van der Waals surface area contributed by atoms with Crippen molar-refractivity contribution in [3.63, 3.8) is 0 Å². The molecule has 0 fully saturated rings. The number of methoxy groups -OCH3 is 1. The minimum atomic E-state index is -0.871. The predicted molar refractivity (Wildman–Crippen MR) is 119 cm³/mol. The Hall–Kier alpha value is -3.69. The first-order valence-corrected chi connectivity index (χ1v) is 10.5. The Morgan fingerprint density at radius 1 is 1.24 bits per heavy atom. The third-order valence-corrected chi connectivity index (χ3v) is 5.01. The van der Waals surface area contributed by atoms with E-state index in [2.05, 4.69) is 5.32 Å². The number of halogens is 1. The number of nitrogens with zero attached hydrogens (tertiary/aromatic N) is 2. The van der Waals surface area contributed by atoms with E-state index in [4.69, 9.17) is 9.47 Å². The van der Waals surface area contributed by atoms with Gasteiger partial charge >= 0.3 is 5.69 Å². The van der Waals surface area contributed by atoms with Gasteiger partial charge in [0.2, 0.25) is 11.7 Å². The van der Waals surface area contributed by atoms with E-state index in [1.165, 1.54) is 42.3 Å². The highest BCUT2D eigenvalue weighted by molar-refractivity contribution is 5.88. The number of carbonyl (C=O) groups excluding carboxylic acids is 2. The Bertz CT molecular complexity index is 984. The lowest BCUT2D eigenvalue weighted by molar-refractivity contribution is -0.385. The second kappa shape index (κ2) is 12.4. The summed E-state index contributed by atoms with van der Waals surface area (Å²) in [5.74, 6) is -1.23. The van der Waals surface area contributed by atoms with Crippen LogP contribution in [0.25, 0.3) is 0 Å². The third kappa shape index (κ3) is 7.16. The molecule has 0 saturated carbocycles. The van der Waals surface area contributed by atoms with Crippen LogP contribution < -0.4 is 14.8 Å². The number of unbranched alkanes of at least 4 members (excludes halogenated alkanes) is 1. The van der Waals surface area contributed by atoms with Crippen LogP contribution in [0, 0.1) is 15.9 Å². The highest BCUT2D eigenvalue weighted by Crippen LogP contribution is 2.30. The van der Waals surface area contributed by atoms with Gasteiger partial charge in [-0.3, -0.25) is 19.7 Å². The molecule has 33 heavy (non-hydrogen) atoms. The van der Waals surface area contributed by atoms with Crippen molar-refractivity contribution in [1.82, 2.24) is 10.2 Å². The van der Waals surface area contributed by atoms with Gasteiger partial charge in [0.25, 0.3) is 5.91 Å². The number of nitro groups is 1. The van der Waals surface area contributed by atoms with E-state index >= 15 is 0 Å². The maximum Gasteiger partial charge on any atom is 0.311 e. The van der Waals surface area contributed by atoms with E-state index in [0.29, 0.717) is 6.54 Å². The Labute approximate surface area is 191 Å². The lowest BCUT2D eigenvalue weighted by atomic mass is 10.1. The van der Waals surface area contributed by atoms with E-state index in [1.807, 2.05) is 6.92 Å². The van der Waals surface area contributed by atoms with Gasteiger partial charge in [0, 0.05) is 30.8 Å². The summed E-state index contributed by atoms with van der Waals surface area (Å²) in [5, 5.41) is 13.8. The summed E-state index contributed by atoms with van der Waals surface area (Å²) < 4.78 is 24.7. The quantitative estimate of drug-likeness (QED) is 0.294. The van der Waals surface area contributed by atoms with Gasteiger partial charge in [-0.25, -0.2) is 4.39 Å². The number of nitrogens with one attached hydrogen (secondary N) is 1. The number of ether oxygens (including phenoxy) is 2. The van der Waals surface area contributed by atoms with Crippen LogP contribution in [0.2, 0.25) is 0 Å². The number of hydrogen-bond donors (Lipinski definition) is 1. The zero-order valence-electron chi connectivity index (χ0n) is 18.9. The highest BCUT2D eigenvalue weighted by Gasteiger charge is 2.27. The van der Waals surface area contributed by atoms with E-state index in [0.717, 1.165) is 12.8 Å². The summed E-state index contributed by atoms with van der Waals surface area (Å²) in [5.41, 5.74) is 0.0193. The number of rotatable bonds is 12. The highest BCUT2D eigenvalue weighted by atomic mass is 19.1.